The summed E-state index contributed by atoms with van der Waals surface area (Å²) in [6.07, 6.45) is 0. The highest BCUT2D eigenvalue weighted by atomic mass is 35.5. The molecule has 25 heavy (non-hydrogen) atoms. The Morgan fingerprint density at radius 2 is 2.04 bits per heavy atom. The van der Waals surface area contributed by atoms with Crippen LogP contribution < -0.4 is 19.7 Å². The molecule has 1 fully saturated rings. The number of nitrogens with zero attached hydrogens (tertiary/aromatic N) is 1. The van der Waals surface area contributed by atoms with Gasteiger partial charge in [0.25, 0.3) is 0 Å². The van der Waals surface area contributed by atoms with Crippen molar-refractivity contribution in [2.24, 2.45) is 5.92 Å². The number of fused-ring (bicyclic) bond motifs is 4. The summed E-state index contributed by atoms with van der Waals surface area (Å²) in [6, 6.07) is 13.6. The fraction of sp³-hybridized carbons (Fsp3) is 0.316. The molecule has 130 valence electrons. The molecule has 6 heteroatoms. The number of hydrogen-bond acceptors (Lipinski definition) is 3. The maximum atomic E-state index is 6.48. The monoisotopic (exact) mass is 374 g/mol. The molecule has 4 nitrogen and oxygen atoms in total. The standard InChI is InChI=1S/C19H19ClN2O2S/c1-11-17-13-10-12(20)8-9-15(13)24-19(11,2)22(18(25)21-17)14-6-4-5-7-16(14)23-3/h4-11,17H,1-3H3,(H,21,25)/t11-,17-,19+/m1/s1. The SMILES string of the molecule is COc1ccccc1N1C(=S)N[C@H]2c3cc(Cl)ccc3O[C@@]1(C)[C@@H]2C. The third-order valence-corrected chi connectivity index (χ3v) is 5.76. The lowest BCUT2D eigenvalue weighted by atomic mass is 9.80. The van der Waals surface area contributed by atoms with Crippen molar-refractivity contribution in [2.75, 3.05) is 12.0 Å². The Labute approximate surface area is 157 Å². The normalized spacial score (nSPS) is 27.2. The summed E-state index contributed by atoms with van der Waals surface area (Å²) in [5.74, 6) is 1.71. The van der Waals surface area contributed by atoms with E-state index in [1.165, 1.54) is 0 Å². The molecule has 0 spiro atoms. The number of methoxy groups -OCH3 is 1. The molecule has 0 saturated carbocycles. The van der Waals surface area contributed by atoms with Crippen molar-refractivity contribution in [3.63, 3.8) is 0 Å². The topological polar surface area (TPSA) is 33.7 Å². The molecule has 0 radical (unpaired) electrons. The van der Waals surface area contributed by atoms with Crippen LogP contribution in [0.3, 0.4) is 0 Å². The molecule has 3 atom stereocenters. The van der Waals surface area contributed by atoms with E-state index < -0.39 is 5.72 Å². The molecular weight excluding hydrogens is 356 g/mol. The number of benzene rings is 2. The largest absolute Gasteiger partial charge is 0.495 e. The van der Waals surface area contributed by atoms with Crippen LogP contribution in [0.2, 0.25) is 5.02 Å². The zero-order valence-electron chi connectivity index (χ0n) is 14.2. The van der Waals surface area contributed by atoms with Crippen LogP contribution in [0.1, 0.15) is 25.5 Å². The minimum absolute atomic E-state index is 0.0471. The third-order valence-electron chi connectivity index (χ3n) is 5.22. The number of thiocarbonyl (C=S) groups is 1. The molecule has 1 N–H and O–H groups in total. The number of halogens is 1. The Kier molecular flexibility index (Phi) is 3.81. The van der Waals surface area contributed by atoms with Gasteiger partial charge in [0.2, 0.25) is 0 Å². The second-order valence-corrected chi connectivity index (χ2v) is 7.39. The number of ether oxygens (including phenoxy) is 2. The molecule has 0 amide bonds. The quantitative estimate of drug-likeness (QED) is 0.781. The van der Waals surface area contributed by atoms with Gasteiger partial charge in [0.15, 0.2) is 10.8 Å². The van der Waals surface area contributed by atoms with Crippen LogP contribution in [0.4, 0.5) is 5.69 Å². The fourth-order valence-corrected chi connectivity index (χ4v) is 4.35. The zero-order valence-corrected chi connectivity index (χ0v) is 15.8. The second-order valence-electron chi connectivity index (χ2n) is 6.56. The molecule has 4 rings (SSSR count). The van der Waals surface area contributed by atoms with E-state index in [4.69, 9.17) is 33.3 Å². The number of rotatable bonds is 2. The van der Waals surface area contributed by atoms with E-state index in [0.29, 0.717) is 10.1 Å². The summed E-state index contributed by atoms with van der Waals surface area (Å²) in [5, 5.41) is 4.77. The highest BCUT2D eigenvalue weighted by molar-refractivity contribution is 7.80. The predicted octanol–water partition coefficient (Wildman–Crippen LogP) is 4.53. The molecular formula is C19H19ClN2O2S. The van der Waals surface area contributed by atoms with Crippen LogP contribution in [0.25, 0.3) is 0 Å². The first kappa shape index (κ1) is 16.5. The van der Waals surface area contributed by atoms with Crippen LogP contribution in [-0.4, -0.2) is 17.9 Å². The number of para-hydroxylation sites is 2. The second kappa shape index (κ2) is 5.78. The van der Waals surface area contributed by atoms with Crippen LogP contribution in [-0.2, 0) is 0 Å². The summed E-state index contributed by atoms with van der Waals surface area (Å²) < 4.78 is 12.0. The van der Waals surface area contributed by atoms with Crippen molar-refractivity contribution >= 4 is 34.6 Å². The first-order chi connectivity index (χ1) is 12.0. The average Bonchev–Trinajstić information content (AvgIpc) is 2.59. The highest BCUT2D eigenvalue weighted by Gasteiger charge is 2.54. The average molecular weight is 375 g/mol. The minimum atomic E-state index is -0.636. The zero-order chi connectivity index (χ0) is 17.8. The molecule has 2 bridgehead atoms. The summed E-state index contributed by atoms with van der Waals surface area (Å²) in [7, 11) is 1.66. The van der Waals surface area contributed by atoms with Crippen molar-refractivity contribution in [3.8, 4) is 11.5 Å². The van der Waals surface area contributed by atoms with Gasteiger partial charge in [-0.1, -0.05) is 30.7 Å². The smallest absolute Gasteiger partial charge is 0.191 e. The van der Waals surface area contributed by atoms with Gasteiger partial charge in [0, 0.05) is 16.5 Å². The van der Waals surface area contributed by atoms with Crippen LogP contribution in [0.5, 0.6) is 11.5 Å². The van der Waals surface area contributed by atoms with Crippen molar-refractivity contribution in [3.05, 3.63) is 53.1 Å². The van der Waals surface area contributed by atoms with Gasteiger partial charge in [0.1, 0.15) is 11.5 Å². The van der Waals surface area contributed by atoms with Gasteiger partial charge in [-0.15, -0.1) is 0 Å². The summed E-state index contributed by atoms with van der Waals surface area (Å²) in [5.41, 5.74) is 1.29. The van der Waals surface area contributed by atoms with Crippen molar-refractivity contribution in [1.82, 2.24) is 5.32 Å². The van der Waals surface area contributed by atoms with E-state index in [1.54, 1.807) is 7.11 Å². The molecule has 2 aromatic rings. The van der Waals surface area contributed by atoms with Gasteiger partial charge >= 0.3 is 0 Å². The molecule has 0 aliphatic carbocycles. The maximum absolute atomic E-state index is 6.48. The van der Waals surface area contributed by atoms with Crippen molar-refractivity contribution in [2.45, 2.75) is 25.6 Å². The maximum Gasteiger partial charge on any atom is 0.191 e. The van der Waals surface area contributed by atoms with Crippen LogP contribution >= 0.6 is 23.8 Å². The number of hydrogen-bond donors (Lipinski definition) is 1. The van der Waals surface area contributed by atoms with Crippen molar-refractivity contribution in [1.29, 1.82) is 0 Å². The van der Waals surface area contributed by atoms with Gasteiger partial charge in [0.05, 0.1) is 18.8 Å². The van der Waals surface area contributed by atoms with Crippen LogP contribution in [0, 0.1) is 5.92 Å². The third kappa shape index (κ3) is 2.37. The Hall–Kier alpha value is -1.98. The molecule has 2 aliphatic rings. The minimum Gasteiger partial charge on any atom is -0.495 e. The van der Waals surface area contributed by atoms with Crippen LogP contribution in [0.15, 0.2) is 42.5 Å². The first-order valence-corrected chi connectivity index (χ1v) is 8.96. The van der Waals surface area contributed by atoms with E-state index in [0.717, 1.165) is 22.7 Å². The lowest BCUT2D eigenvalue weighted by Gasteiger charge is -2.56. The van der Waals surface area contributed by atoms with E-state index >= 15 is 0 Å². The van der Waals surface area contributed by atoms with Crippen molar-refractivity contribution < 1.29 is 9.47 Å². The van der Waals surface area contributed by atoms with E-state index in [1.807, 2.05) is 47.4 Å². The highest BCUT2D eigenvalue weighted by Crippen LogP contribution is 2.50. The lowest BCUT2D eigenvalue weighted by Crippen LogP contribution is -2.69. The fourth-order valence-electron chi connectivity index (χ4n) is 3.76. The summed E-state index contributed by atoms with van der Waals surface area (Å²) in [6.45, 7) is 4.23. The molecule has 2 aliphatic heterocycles. The predicted molar refractivity (Wildman–Crippen MR) is 104 cm³/mol. The Morgan fingerprint density at radius 1 is 1.28 bits per heavy atom. The Bertz CT molecular complexity index is 859. The van der Waals surface area contributed by atoms with Gasteiger partial charge in [-0.05, 0) is 49.5 Å². The van der Waals surface area contributed by atoms with Gasteiger partial charge in [-0.2, -0.15) is 0 Å². The van der Waals surface area contributed by atoms with Gasteiger partial charge < -0.3 is 14.8 Å². The summed E-state index contributed by atoms with van der Waals surface area (Å²) >= 11 is 11.9. The molecule has 1 saturated heterocycles. The molecule has 0 unspecified atom stereocenters. The molecule has 2 heterocycles. The number of nitrogens with one attached hydrogen (secondary N) is 1. The van der Waals surface area contributed by atoms with E-state index in [9.17, 15) is 0 Å². The summed E-state index contributed by atoms with van der Waals surface area (Å²) in [4.78, 5) is 2.01. The van der Waals surface area contributed by atoms with E-state index in [2.05, 4.69) is 19.2 Å². The van der Waals surface area contributed by atoms with Gasteiger partial charge in [-0.3, -0.25) is 4.90 Å². The van der Waals surface area contributed by atoms with Gasteiger partial charge in [-0.25, -0.2) is 0 Å². The van der Waals surface area contributed by atoms with E-state index in [-0.39, 0.29) is 12.0 Å². The Balaban J connectivity index is 1.87. The first-order valence-electron chi connectivity index (χ1n) is 8.18. The number of anilines is 1. The molecule has 0 aromatic heterocycles. The lowest BCUT2D eigenvalue weighted by molar-refractivity contribution is -0.00342. The Morgan fingerprint density at radius 3 is 2.80 bits per heavy atom. The molecule has 2 aromatic carbocycles.